The summed E-state index contributed by atoms with van der Waals surface area (Å²) in [6.45, 7) is -0.454. The SMILES string of the molecule is COc1ccc(-c2csc(NC(=O)COC(=O)c3ccnc(Cl)c3)n2)cc1OC. The molecule has 0 unspecified atom stereocenters. The largest absolute Gasteiger partial charge is 0.493 e. The lowest BCUT2D eigenvalue weighted by Gasteiger charge is -2.08. The maximum atomic E-state index is 12.0. The Morgan fingerprint density at radius 1 is 1.14 bits per heavy atom. The minimum Gasteiger partial charge on any atom is -0.493 e. The Labute approximate surface area is 175 Å². The highest BCUT2D eigenvalue weighted by Crippen LogP contribution is 2.33. The lowest BCUT2D eigenvalue weighted by atomic mass is 10.1. The molecule has 2 heterocycles. The van der Waals surface area contributed by atoms with Crippen molar-refractivity contribution in [2.75, 3.05) is 26.1 Å². The van der Waals surface area contributed by atoms with Crippen LogP contribution in [0.4, 0.5) is 5.13 Å². The third-order valence-electron chi connectivity index (χ3n) is 3.73. The first-order valence-electron chi connectivity index (χ1n) is 8.26. The normalized spacial score (nSPS) is 10.3. The zero-order valence-corrected chi connectivity index (χ0v) is 17.0. The molecule has 0 radical (unpaired) electrons. The summed E-state index contributed by atoms with van der Waals surface area (Å²) in [6.07, 6.45) is 1.38. The Morgan fingerprint density at radius 3 is 2.66 bits per heavy atom. The van der Waals surface area contributed by atoms with Gasteiger partial charge < -0.3 is 14.2 Å². The first kappa shape index (κ1) is 20.6. The Balaban J connectivity index is 1.60. The minimum absolute atomic E-state index is 0.161. The number of hydrogen-bond donors (Lipinski definition) is 1. The first-order valence-corrected chi connectivity index (χ1v) is 9.52. The number of methoxy groups -OCH3 is 2. The molecule has 8 nitrogen and oxygen atoms in total. The molecule has 0 aliphatic heterocycles. The van der Waals surface area contributed by atoms with E-state index in [2.05, 4.69) is 15.3 Å². The van der Waals surface area contributed by atoms with Gasteiger partial charge in [0.05, 0.1) is 25.5 Å². The molecular weight excluding hydrogens is 418 g/mol. The molecule has 2 aromatic heterocycles. The number of benzene rings is 1. The van der Waals surface area contributed by atoms with Crippen LogP contribution < -0.4 is 14.8 Å². The standard InChI is InChI=1S/C19H16ClN3O5S/c1-26-14-4-3-11(7-15(14)27-2)13-10-29-19(22-13)23-17(24)9-28-18(25)12-5-6-21-16(20)8-12/h3-8,10H,9H2,1-2H3,(H,22,23,24). The van der Waals surface area contributed by atoms with Gasteiger partial charge in [-0.3, -0.25) is 10.1 Å². The number of thiazole rings is 1. The monoisotopic (exact) mass is 433 g/mol. The van der Waals surface area contributed by atoms with Crippen molar-refractivity contribution in [1.29, 1.82) is 0 Å². The highest BCUT2D eigenvalue weighted by Gasteiger charge is 2.14. The van der Waals surface area contributed by atoms with Crippen LogP contribution in [-0.4, -0.2) is 42.7 Å². The summed E-state index contributed by atoms with van der Waals surface area (Å²) in [6, 6.07) is 8.21. The minimum atomic E-state index is -0.672. The second-order valence-electron chi connectivity index (χ2n) is 5.60. The molecule has 0 aliphatic carbocycles. The average molecular weight is 434 g/mol. The van der Waals surface area contributed by atoms with Gasteiger partial charge in [-0.1, -0.05) is 11.6 Å². The highest BCUT2D eigenvalue weighted by molar-refractivity contribution is 7.14. The molecule has 0 aliphatic rings. The number of esters is 1. The van der Waals surface area contributed by atoms with Gasteiger partial charge in [-0.25, -0.2) is 14.8 Å². The summed E-state index contributed by atoms with van der Waals surface area (Å²) in [7, 11) is 3.11. The molecule has 1 N–H and O–H groups in total. The summed E-state index contributed by atoms with van der Waals surface area (Å²) in [5.41, 5.74) is 1.68. The van der Waals surface area contributed by atoms with Gasteiger partial charge in [0, 0.05) is 17.1 Å². The summed E-state index contributed by atoms with van der Waals surface area (Å²) in [5, 5.41) is 4.93. The van der Waals surface area contributed by atoms with E-state index in [-0.39, 0.29) is 10.7 Å². The van der Waals surface area contributed by atoms with Crippen LogP contribution in [0.15, 0.2) is 41.9 Å². The molecule has 3 rings (SSSR count). The lowest BCUT2D eigenvalue weighted by Crippen LogP contribution is -2.20. The Morgan fingerprint density at radius 2 is 1.93 bits per heavy atom. The van der Waals surface area contributed by atoms with E-state index < -0.39 is 18.5 Å². The number of carbonyl (C=O) groups is 2. The molecule has 0 fully saturated rings. The number of nitrogens with one attached hydrogen (secondary N) is 1. The van der Waals surface area contributed by atoms with Crippen molar-refractivity contribution in [1.82, 2.24) is 9.97 Å². The van der Waals surface area contributed by atoms with Gasteiger partial charge in [0.25, 0.3) is 5.91 Å². The fourth-order valence-corrected chi connectivity index (χ4v) is 3.27. The van der Waals surface area contributed by atoms with Crippen molar-refractivity contribution >= 4 is 39.9 Å². The van der Waals surface area contributed by atoms with Crippen molar-refractivity contribution in [3.63, 3.8) is 0 Å². The van der Waals surface area contributed by atoms with Crippen LogP contribution in [0.5, 0.6) is 11.5 Å². The first-order chi connectivity index (χ1) is 14.0. The third kappa shape index (κ3) is 5.21. The molecule has 29 heavy (non-hydrogen) atoms. The van der Waals surface area contributed by atoms with Crippen LogP contribution in [0.2, 0.25) is 5.15 Å². The zero-order valence-electron chi connectivity index (χ0n) is 15.5. The van der Waals surface area contributed by atoms with Gasteiger partial charge in [-0.15, -0.1) is 11.3 Å². The van der Waals surface area contributed by atoms with Crippen LogP contribution in [0.1, 0.15) is 10.4 Å². The van der Waals surface area contributed by atoms with Gasteiger partial charge in [0.1, 0.15) is 5.15 Å². The van der Waals surface area contributed by atoms with Crippen molar-refractivity contribution in [3.8, 4) is 22.8 Å². The van der Waals surface area contributed by atoms with E-state index in [9.17, 15) is 9.59 Å². The summed E-state index contributed by atoms with van der Waals surface area (Å²) < 4.78 is 15.5. The second-order valence-corrected chi connectivity index (χ2v) is 6.84. The summed E-state index contributed by atoms with van der Waals surface area (Å²) >= 11 is 6.98. The third-order valence-corrected chi connectivity index (χ3v) is 4.69. The molecule has 0 saturated carbocycles. The number of carbonyl (C=O) groups excluding carboxylic acids is 2. The quantitative estimate of drug-likeness (QED) is 0.448. The van der Waals surface area contributed by atoms with E-state index >= 15 is 0 Å². The van der Waals surface area contributed by atoms with E-state index in [0.29, 0.717) is 22.3 Å². The lowest BCUT2D eigenvalue weighted by molar-refractivity contribution is -0.119. The number of hydrogen-bond acceptors (Lipinski definition) is 8. The van der Waals surface area contributed by atoms with Gasteiger partial charge in [-0.05, 0) is 30.3 Å². The van der Waals surface area contributed by atoms with Crippen LogP contribution in [0.25, 0.3) is 11.3 Å². The van der Waals surface area contributed by atoms with Crippen LogP contribution in [0.3, 0.4) is 0 Å². The number of halogens is 1. The van der Waals surface area contributed by atoms with Gasteiger partial charge in [0.2, 0.25) is 0 Å². The molecule has 1 amide bonds. The zero-order chi connectivity index (χ0) is 20.8. The molecule has 3 aromatic rings. The summed E-state index contributed by atoms with van der Waals surface area (Å²) in [4.78, 5) is 32.1. The van der Waals surface area contributed by atoms with E-state index in [1.165, 1.54) is 29.7 Å². The van der Waals surface area contributed by atoms with Crippen molar-refractivity contribution in [3.05, 3.63) is 52.6 Å². The molecule has 150 valence electrons. The van der Waals surface area contributed by atoms with E-state index in [1.807, 2.05) is 6.07 Å². The van der Waals surface area contributed by atoms with Crippen molar-refractivity contribution < 1.29 is 23.8 Å². The fraction of sp³-hybridized carbons (Fsp3) is 0.158. The molecule has 1 aromatic carbocycles. The van der Waals surface area contributed by atoms with Crippen LogP contribution in [0, 0.1) is 0 Å². The van der Waals surface area contributed by atoms with Gasteiger partial charge >= 0.3 is 5.97 Å². The van der Waals surface area contributed by atoms with E-state index in [4.69, 9.17) is 25.8 Å². The maximum Gasteiger partial charge on any atom is 0.338 e. The number of aromatic nitrogens is 2. The maximum absolute atomic E-state index is 12.0. The smallest absolute Gasteiger partial charge is 0.338 e. The molecule has 0 saturated heterocycles. The predicted molar refractivity (Wildman–Crippen MR) is 109 cm³/mol. The fourth-order valence-electron chi connectivity index (χ4n) is 2.36. The number of anilines is 1. The molecule has 0 spiro atoms. The van der Waals surface area contributed by atoms with E-state index in [1.54, 1.807) is 31.7 Å². The van der Waals surface area contributed by atoms with E-state index in [0.717, 1.165) is 5.56 Å². The van der Waals surface area contributed by atoms with Crippen molar-refractivity contribution in [2.45, 2.75) is 0 Å². The Bertz CT molecular complexity index is 1040. The average Bonchev–Trinajstić information content (AvgIpc) is 3.19. The Kier molecular flexibility index (Phi) is 6.63. The number of nitrogens with zero attached hydrogens (tertiary/aromatic N) is 2. The van der Waals surface area contributed by atoms with Gasteiger partial charge in [0.15, 0.2) is 23.2 Å². The predicted octanol–water partition coefficient (Wildman–Crippen LogP) is 3.67. The number of pyridine rings is 1. The molecule has 0 bridgehead atoms. The molecule has 10 heteroatoms. The number of rotatable bonds is 7. The number of amides is 1. The highest BCUT2D eigenvalue weighted by atomic mass is 35.5. The number of ether oxygens (including phenoxy) is 3. The van der Waals surface area contributed by atoms with Crippen molar-refractivity contribution in [2.24, 2.45) is 0 Å². The molecular formula is C19H16ClN3O5S. The van der Waals surface area contributed by atoms with Crippen LogP contribution >= 0.6 is 22.9 Å². The van der Waals surface area contributed by atoms with Gasteiger partial charge in [-0.2, -0.15) is 0 Å². The molecule has 0 atom stereocenters. The topological polar surface area (TPSA) is 99.6 Å². The second kappa shape index (κ2) is 9.35. The van der Waals surface area contributed by atoms with Crippen LogP contribution in [-0.2, 0) is 9.53 Å². The summed E-state index contributed by atoms with van der Waals surface area (Å²) in [5.74, 6) is 0.00494. The Hall–Kier alpha value is -3.17.